The van der Waals surface area contributed by atoms with Crippen LogP contribution in [0.4, 0.5) is 0 Å². The van der Waals surface area contributed by atoms with Crippen LogP contribution in [-0.4, -0.2) is 58.6 Å². The fourth-order valence-corrected chi connectivity index (χ4v) is 5.66. The smallest absolute Gasteiger partial charge is 0.331 e. The van der Waals surface area contributed by atoms with Gasteiger partial charge in [-0.3, -0.25) is 8.92 Å². The number of aliphatic hydroxyl groups excluding tert-OH is 1. The molecule has 0 amide bonds. The number of fused-ring (bicyclic) bond motifs is 1. The third-order valence-electron chi connectivity index (χ3n) is 5.39. The lowest BCUT2D eigenvalue weighted by Crippen LogP contribution is -2.44. The highest BCUT2D eigenvalue weighted by Crippen LogP contribution is 2.47. The van der Waals surface area contributed by atoms with Crippen LogP contribution in [0.1, 0.15) is 25.0 Å². The van der Waals surface area contributed by atoms with Gasteiger partial charge >= 0.3 is 16.1 Å². The SMILES string of the molecule is Cc1ccc(S(=O)(=O)OC[C@@H]2O[C@@]3(OS(=O)(=O)c4ccc(C)cc4)OC(C)(C)OC3[C@H]2O)cc1. The molecule has 0 aromatic heterocycles. The average molecular weight is 515 g/mol. The first kappa shape index (κ1) is 25.2. The minimum atomic E-state index is -4.41. The van der Waals surface area contributed by atoms with Crippen LogP contribution in [0.5, 0.6) is 0 Å². The van der Waals surface area contributed by atoms with Crippen molar-refractivity contribution in [3.63, 3.8) is 0 Å². The van der Waals surface area contributed by atoms with E-state index in [0.29, 0.717) is 0 Å². The van der Waals surface area contributed by atoms with Gasteiger partial charge in [-0.15, -0.1) is 0 Å². The van der Waals surface area contributed by atoms with E-state index in [-0.39, 0.29) is 9.79 Å². The van der Waals surface area contributed by atoms with Crippen molar-refractivity contribution >= 4 is 20.2 Å². The van der Waals surface area contributed by atoms with E-state index in [1.807, 2.05) is 6.92 Å². The van der Waals surface area contributed by atoms with Gasteiger partial charge in [-0.25, -0.2) is 4.18 Å². The number of aryl methyl sites for hydroxylation is 2. The zero-order valence-electron chi connectivity index (χ0n) is 19.0. The Bertz CT molecular complexity index is 1250. The van der Waals surface area contributed by atoms with Crippen LogP contribution in [0.25, 0.3) is 0 Å². The summed E-state index contributed by atoms with van der Waals surface area (Å²) in [7, 11) is -8.58. The number of hydrogen-bond acceptors (Lipinski definition) is 10. The predicted molar refractivity (Wildman–Crippen MR) is 117 cm³/mol. The molecule has 0 spiro atoms. The maximum Gasteiger partial charge on any atom is 0.331 e. The molecule has 2 aliphatic heterocycles. The fraction of sp³-hybridized carbons (Fsp3) is 0.455. The molecule has 0 saturated carbocycles. The van der Waals surface area contributed by atoms with Crippen molar-refractivity contribution in [3.05, 3.63) is 59.7 Å². The van der Waals surface area contributed by atoms with Gasteiger partial charge in [-0.05, 0) is 52.0 Å². The molecule has 1 N–H and O–H groups in total. The second-order valence-corrected chi connectivity index (χ2v) is 11.9. The van der Waals surface area contributed by atoms with Gasteiger partial charge in [0.25, 0.3) is 10.1 Å². The van der Waals surface area contributed by atoms with Gasteiger partial charge in [0.2, 0.25) is 0 Å². The van der Waals surface area contributed by atoms with Crippen LogP contribution in [-0.2, 0) is 42.8 Å². The number of aliphatic hydroxyl groups is 1. The Balaban J connectivity index is 1.56. The molecule has 34 heavy (non-hydrogen) atoms. The number of hydrogen-bond donors (Lipinski definition) is 1. The highest BCUT2D eigenvalue weighted by Gasteiger charge is 2.68. The maximum absolute atomic E-state index is 12.9. The van der Waals surface area contributed by atoms with Crippen molar-refractivity contribution in [1.82, 2.24) is 0 Å². The summed E-state index contributed by atoms with van der Waals surface area (Å²) >= 11 is 0. The van der Waals surface area contributed by atoms with Crippen LogP contribution in [0, 0.1) is 13.8 Å². The van der Waals surface area contributed by atoms with E-state index in [1.54, 1.807) is 31.2 Å². The normalized spacial score (nSPS) is 28.7. The second kappa shape index (κ2) is 8.64. The molecule has 4 rings (SSSR count). The molecular weight excluding hydrogens is 488 g/mol. The zero-order chi connectivity index (χ0) is 24.9. The van der Waals surface area contributed by atoms with Crippen molar-refractivity contribution in [2.24, 2.45) is 0 Å². The molecule has 0 bridgehead atoms. The second-order valence-electron chi connectivity index (χ2n) is 8.69. The third-order valence-corrected chi connectivity index (χ3v) is 7.98. The van der Waals surface area contributed by atoms with Crippen LogP contribution >= 0.6 is 0 Å². The van der Waals surface area contributed by atoms with E-state index in [0.717, 1.165) is 11.1 Å². The molecule has 4 atom stereocenters. The molecule has 2 aliphatic rings. The quantitative estimate of drug-likeness (QED) is 0.547. The summed E-state index contributed by atoms with van der Waals surface area (Å²) in [5.74, 6) is -3.69. The lowest BCUT2D eigenvalue weighted by Gasteiger charge is -2.27. The standard InChI is InChI=1S/C22H26O10S2/c1-14-5-9-16(10-6-14)33(24,25)28-13-18-19(23)20-22(29-18,31-21(3,4)30-20)32-34(26,27)17-11-7-15(2)8-12-17/h5-12,18-20,23H,13H2,1-4H3/t18-,19-,20?,22+/m0/s1. The monoisotopic (exact) mass is 514 g/mol. The Kier molecular flexibility index (Phi) is 6.41. The summed E-state index contributed by atoms with van der Waals surface area (Å²) in [5, 5.41) is 10.8. The topological polar surface area (TPSA) is 135 Å². The van der Waals surface area contributed by atoms with E-state index in [2.05, 4.69) is 0 Å². The Morgan fingerprint density at radius 3 is 1.88 bits per heavy atom. The largest absolute Gasteiger partial charge is 0.387 e. The summed E-state index contributed by atoms with van der Waals surface area (Å²) in [5.41, 5.74) is 1.71. The molecule has 10 nitrogen and oxygen atoms in total. The molecule has 2 saturated heterocycles. The van der Waals surface area contributed by atoms with Crippen LogP contribution in [0.3, 0.4) is 0 Å². The van der Waals surface area contributed by atoms with Gasteiger partial charge in [-0.1, -0.05) is 35.4 Å². The van der Waals surface area contributed by atoms with Gasteiger partial charge in [-0.2, -0.15) is 16.8 Å². The average Bonchev–Trinajstić information content (AvgIpc) is 3.13. The summed E-state index contributed by atoms with van der Waals surface area (Å²) in [4.78, 5) is -0.230. The van der Waals surface area contributed by atoms with Crippen molar-refractivity contribution in [3.8, 4) is 0 Å². The number of benzene rings is 2. The lowest BCUT2D eigenvalue weighted by molar-refractivity contribution is -0.343. The van der Waals surface area contributed by atoms with E-state index < -0.39 is 56.9 Å². The molecule has 2 heterocycles. The summed E-state index contributed by atoms with van der Waals surface area (Å²) in [6, 6.07) is 11.9. The van der Waals surface area contributed by atoms with Crippen molar-refractivity contribution in [1.29, 1.82) is 0 Å². The summed E-state index contributed by atoms with van der Waals surface area (Å²) < 4.78 is 78.3. The first-order valence-electron chi connectivity index (χ1n) is 10.5. The first-order valence-corrected chi connectivity index (χ1v) is 13.3. The van der Waals surface area contributed by atoms with Crippen LogP contribution < -0.4 is 0 Å². The lowest BCUT2D eigenvalue weighted by atomic mass is 10.1. The minimum Gasteiger partial charge on any atom is -0.387 e. The third kappa shape index (κ3) is 4.90. The molecule has 2 aromatic rings. The number of ether oxygens (including phenoxy) is 3. The Morgan fingerprint density at radius 2 is 1.35 bits per heavy atom. The van der Waals surface area contributed by atoms with Crippen molar-refractivity contribution < 1.29 is 44.5 Å². The van der Waals surface area contributed by atoms with Gasteiger partial charge in [0, 0.05) is 0 Å². The van der Waals surface area contributed by atoms with E-state index in [9.17, 15) is 21.9 Å². The molecular formula is C22H26O10S2. The minimum absolute atomic E-state index is 0.0765. The Labute approximate surface area is 198 Å². The summed E-state index contributed by atoms with van der Waals surface area (Å²) in [6.07, 6.45) is -4.23. The molecule has 2 aromatic carbocycles. The summed E-state index contributed by atoms with van der Waals surface area (Å²) in [6.45, 7) is 5.98. The highest BCUT2D eigenvalue weighted by molar-refractivity contribution is 7.87. The number of rotatable bonds is 7. The Morgan fingerprint density at radius 1 is 0.853 bits per heavy atom. The molecule has 12 heteroatoms. The predicted octanol–water partition coefficient (Wildman–Crippen LogP) is 1.98. The molecule has 0 radical (unpaired) electrons. The van der Waals surface area contributed by atoms with Gasteiger partial charge in [0.15, 0.2) is 11.9 Å². The van der Waals surface area contributed by atoms with E-state index in [4.69, 9.17) is 22.6 Å². The van der Waals surface area contributed by atoms with E-state index in [1.165, 1.54) is 38.1 Å². The maximum atomic E-state index is 12.9. The van der Waals surface area contributed by atoms with Gasteiger partial charge in [0.05, 0.1) is 16.4 Å². The zero-order valence-corrected chi connectivity index (χ0v) is 20.6. The van der Waals surface area contributed by atoms with Crippen LogP contribution in [0.15, 0.2) is 58.3 Å². The van der Waals surface area contributed by atoms with E-state index >= 15 is 0 Å². The van der Waals surface area contributed by atoms with Gasteiger partial charge < -0.3 is 14.6 Å². The van der Waals surface area contributed by atoms with Crippen LogP contribution in [0.2, 0.25) is 0 Å². The molecule has 186 valence electrons. The van der Waals surface area contributed by atoms with Gasteiger partial charge in [0.1, 0.15) is 12.2 Å². The molecule has 1 unspecified atom stereocenters. The first-order chi connectivity index (χ1) is 15.7. The Hall–Kier alpha value is -1.90. The fourth-order valence-electron chi connectivity index (χ4n) is 3.70. The van der Waals surface area contributed by atoms with Crippen molar-refractivity contribution in [2.45, 2.75) is 67.6 Å². The van der Waals surface area contributed by atoms with Crippen molar-refractivity contribution in [2.75, 3.05) is 6.61 Å². The molecule has 0 aliphatic carbocycles. The highest BCUT2D eigenvalue weighted by atomic mass is 32.2. The molecule has 2 fully saturated rings.